The summed E-state index contributed by atoms with van der Waals surface area (Å²) < 4.78 is 19.4. The number of carbonyl (C=O) groups is 1. The molecule has 0 aromatic heterocycles. The molecule has 5 nitrogen and oxygen atoms in total. The molecule has 1 aliphatic carbocycles. The highest BCUT2D eigenvalue weighted by atomic mass is 19.1. The molecule has 130 valence electrons. The molecule has 2 aliphatic heterocycles. The number of fused-ring (bicyclic) bond motifs is 2. The lowest BCUT2D eigenvalue weighted by Crippen LogP contribution is -2.49. The molecule has 6 heteroatoms. The number of benzene rings is 1. The Morgan fingerprint density at radius 2 is 1.96 bits per heavy atom. The van der Waals surface area contributed by atoms with Crippen molar-refractivity contribution in [2.75, 3.05) is 11.9 Å². The van der Waals surface area contributed by atoms with Crippen LogP contribution in [0.25, 0.3) is 0 Å². The molecule has 4 rings (SSSR count). The SMILES string of the molecule is O=C(Nc1cc(F)ccc1OCC1CC1)N1C2CCC1CC(O)C2. The Bertz CT molecular complexity index is 621. The Morgan fingerprint density at radius 3 is 2.62 bits per heavy atom. The van der Waals surface area contributed by atoms with Crippen LogP contribution in [0.3, 0.4) is 0 Å². The van der Waals surface area contributed by atoms with Gasteiger partial charge in [-0.15, -0.1) is 0 Å². The van der Waals surface area contributed by atoms with E-state index in [2.05, 4.69) is 5.32 Å². The maximum atomic E-state index is 13.6. The van der Waals surface area contributed by atoms with Gasteiger partial charge in [-0.1, -0.05) is 0 Å². The fourth-order valence-corrected chi connectivity index (χ4v) is 3.88. The molecule has 2 N–H and O–H groups in total. The standard InChI is InChI=1S/C18H23FN2O3/c19-12-3-6-17(24-10-11-1-2-11)16(7-12)20-18(23)21-13-4-5-14(21)9-15(22)8-13/h3,6-7,11,13-15,22H,1-2,4-5,8-10H2,(H,20,23). The summed E-state index contributed by atoms with van der Waals surface area (Å²) in [6.07, 6.45) is 5.10. The zero-order chi connectivity index (χ0) is 16.7. The van der Waals surface area contributed by atoms with Crippen LogP contribution in [0.15, 0.2) is 18.2 Å². The van der Waals surface area contributed by atoms with Gasteiger partial charge in [-0.2, -0.15) is 0 Å². The Balaban J connectivity index is 1.47. The Hall–Kier alpha value is -1.82. The molecule has 1 aromatic carbocycles. The van der Waals surface area contributed by atoms with E-state index in [0.717, 1.165) is 12.8 Å². The molecule has 2 bridgehead atoms. The minimum absolute atomic E-state index is 0.0724. The summed E-state index contributed by atoms with van der Waals surface area (Å²) in [6, 6.07) is 4.14. The number of halogens is 1. The van der Waals surface area contributed by atoms with Crippen molar-refractivity contribution < 1.29 is 19.0 Å². The molecule has 24 heavy (non-hydrogen) atoms. The van der Waals surface area contributed by atoms with Crippen molar-refractivity contribution in [2.24, 2.45) is 5.92 Å². The van der Waals surface area contributed by atoms with Gasteiger partial charge in [0.05, 0.1) is 18.4 Å². The van der Waals surface area contributed by atoms with Crippen LogP contribution in [0.5, 0.6) is 5.75 Å². The number of rotatable bonds is 4. The molecule has 2 amide bonds. The van der Waals surface area contributed by atoms with E-state index in [4.69, 9.17) is 4.74 Å². The van der Waals surface area contributed by atoms with Gasteiger partial charge in [0.1, 0.15) is 11.6 Å². The average molecular weight is 334 g/mol. The van der Waals surface area contributed by atoms with Crippen LogP contribution >= 0.6 is 0 Å². The smallest absolute Gasteiger partial charge is 0.322 e. The number of nitrogens with zero attached hydrogens (tertiary/aromatic N) is 1. The molecule has 2 heterocycles. The van der Waals surface area contributed by atoms with E-state index in [1.807, 2.05) is 4.90 Å². The number of carbonyl (C=O) groups excluding carboxylic acids is 1. The van der Waals surface area contributed by atoms with Gasteiger partial charge in [0.2, 0.25) is 0 Å². The second-order valence-corrected chi connectivity index (χ2v) is 7.24. The van der Waals surface area contributed by atoms with E-state index in [9.17, 15) is 14.3 Å². The van der Waals surface area contributed by atoms with Gasteiger partial charge >= 0.3 is 6.03 Å². The van der Waals surface area contributed by atoms with Crippen LogP contribution in [0, 0.1) is 11.7 Å². The van der Waals surface area contributed by atoms with E-state index in [1.54, 1.807) is 6.07 Å². The van der Waals surface area contributed by atoms with Crippen LogP contribution in [-0.2, 0) is 0 Å². The zero-order valence-electron chi connectivity index (χ0n) is 13.6. The van der Waals surface area contributed by atoms with Gasteiger partial charge in [-0.25, -0.2) is 9.18 Å². The quantitative estimate of drug-likeness (QED) is 0.889. The maximum Gasteiger partial charge on any atom is 0.322 e. The summed E-state index contributed by atoms with van der Waals surface area (Å²) in [4.78, 5) is 14.5. The van der Waals surface area contributed by atoms with Crippen molar-refractivity contribution >= 4 is 11.7 Å². The Kier molecular flexibility index (Phi) is 4.08. The minimum Gasteiger partial charge on any atom is -0.491 e. The first-order chi connectivity index (χ1) is 11.6. The highest BCUT2D eigenvalue weighted by Gasteiger charge is 2.42. The summed E-state index contributed by atoms with van der Waals surface area (Å²) in [5.41, 5.74) is 0.381. The predicted octanol–water partition coefficient (Wildman–Crippen LogP) is 3.13. The summed E-state index contributed by atoms with van der Waals surface area (Å²) in [7, 11) is 0. The second-order valence-electron chi connectivity index (χ2n) is 7.24. The molecule has 3 fully saturated rings. The Labute approximate surface area is 140 Å². The number of aliphatic hydroxyl groups is 1. The van der Waals surface area contributed by atoms with E-state index in [1.165, 1.54) is 25.0 Å². The summed E-state index contributed by atoms with van der Waals surface area (Å²) in [5, 5.41) is 12.7. The zero-order valence-corrected chi connectivity index (χ0v) is 13.6. The fraction of sp³-hybridized carbons (Fsp3) is 0.611. The first-order valence-corrected chi connectivity index (χ1v) is 8.80. The van der Waals surface area contributed by atoms with E-state index in [-0.39, 0.29) is 24.2 Å². The van der Waals surface area contributed by atoms with Crippen LogP contribution < -0.4 is 10.1 Å². The topological polar surface area (TPSA) is 61.8 Å². The van der Waals surface area contributed by atoms with Crippen molar-refractivity contribution in [3.8, 4) is 5.75 Å². The van der Waals surface area contributed by atoms with Gasteiger partial charge in [-0.3, -0.25) is 0 Å². The van der Waals surface area contributed by atoms with Crippen molar-refractivity contribution in [1.29, 1.82) is 0 Å². The summed E-state index contributed by atoms with van der Waals surface area (Å²) >= 11 is 0. The van der Waals surface area contributed by atoms with Gasteiger partial charge in [-0.05, 0) is 56.6 Å². The van der Waals surface area contributed by atoms with Crippen LogP contribution in [0.4, 0.5) is 14.9 Å². The molecule has 0 spiro atoms. The number of aliphatic hydroxyl groups excluding tert-OH is 1. The molecule has 2 saturated heterocycles. The molecular weight excluding hydrogens is 311 g/mol. The third-order valence-corrected chi connectivity index (χ3v) is 5.30. The number of hydrogen-bond donors (Lipinski definition) is 2. The number of urea groups is 1. The number of amides is 2. The largest absolute Gasteiger partial charge is 0.491 e. The fourth-order valence-electron chi connectivity index (χ4n) is 3.88. The molecule has 3 aliphatic rings. The molecular formula is C18H23FN2O3. The monoisotopic (exact) mass is 334 g/mol. The van der Waals surface area contributed by atoms with E-state index < -0.39 is 5.82 Å². The number of ether oxygens (including phenoxy) is 1. The van der Waals surface area contributed by atoms with Crippen molar-refractivity contribution in [2.45, 2.75) is 56.7 Å². The van der Waals surface area contributed by atoms with Crippen LogP contribution in [0.1, 0.15) is 38.5 Å². The predicted molar refractivity (Wildman–Crippen MR) is 87.5 cm³/mol. The summed E-state index contributed by atoms with van der Waals surface area (Å²) in [5.74, 6) is 0.695. The molecule has 1 saturated carbocycles. The van der Waals surface area contributed by atoms with Crippen LogP contribution in [-0.4, -0.2) is 40.8 Å². The number of hydrogen-bond acceptors (Lipinski definition) is 3. The van der Waals surface area contributed by atoms with Crippen LogP contribution in [0.2, 0.25) is 0 Å². The maximum absolute atomic E-state index is 13.6. The van der Waals surface area contributed by atoms with Gasteiger partial charge in [0.25, 0.3) is 0 Å². The van der Waals surface area contributed by atoms with Crippen molar-refractivity contribution in [3.05, 3.63) is 24.0 Å². The number of anilines is 1. The van der Waals surface area contributed by atoms with Gasteiger partial charge in [0, 0.05) is 18.2 Å². The first kappa shape index (κ1) is 15.7. The minimum atomic E-state index is -0.402. The van der Waals surface area contributed by atoms with Crippen molar-refractivity contribution in [3.63, 3.8) is 0 Å². The normalized spacial score (nSPS) is 28.8. The lowest BCUT2D eigenvalue weighted by Gasteiger charge is -2.37. The Morgan fingerprint density at radius 1 is 1.25 bits per heavy atom. The third kappa shape index (κ3) is 3.20. The first-order valence-electron chi connectivity index (χ1n) is 8.80. The molecule has 1 aromatic rings. The van der Waals surface area contributed by atoms with Crippen molar-refractivity contribution in [1.82, 2.24) is 4.90 Å². The third-order valence-electron chi connectivity index (χ3n) is 5.30. The summed E-state index contributed by atoms with van der Waals surface area (Å²) in [6.45, 7) is 0.607. The lowest BCUT2D eigenvalue weighted by molar-refractivity contribution is 0.0580. The molecule has 0 radical (unpaired) electrons. The van der Waals surface area contributed by atoms with E-state index in [0.29, 0.717) is 36.8 Å². The average Bonchev–Trinajstić information content (AvgIpc) is 3.31. The highest BCUT2D eigenvalue weighted by Crippen LogP contribution is 2.37. The second kappa shape index (κ2) is 6.24. The van der Waals surface area contributed by atoms with Gasteiger partial charge < -0.3 is 20.1 Å². The van der Waals surface area contributed by atoms with Gasteiger partial charge in [0.15, 0.2) is 0 Å². The lowest BCUT2D eigenvalue weighted by atomic mass is 10.0. The molecule has 2 unspecified atom stereocenters. The van der Waals surface area contributed by atoms with E-state index >= 15 is 0 Å². The number of nitrogens with one attached hydrogen (secondary N) is 1. The number of piperidine rings is 1. The highest BCUT2D eigenvalue weighted by molar-refractivity contribution is 5.91. The molecule has 2 atom stereocenters.